The normalized spacial score (nSPS) is 10.5. The molecule has 2 N–H and O–H groups in total. The van der Waals surface area contributed by atoms with Crippen molar-refractivity contribution < 1.29 is 9.21 Å². The van der Waals surface area contributed by atoms with Crippen molar-refractivity contribution in [3.63, 3.8) is 0 Å². The van der Waals surface area contributed by atoms with Crippen LogP contribution >= 0.6 is 0 Å². The Balaban J connectivity index is 1.67. The number of benzene rings is 1. The first kappa shape index (κ1) is 16.7. The number of hydrogen-bond acceptors (Lipinski definition) is 5. The van der Waals surface area contributed by atoms with E-state index in [1.165, 1.54) is 12.4 Å². The first-order valence-corrected chi connectivity index (χ1v) is 8.15. The highest BCUT2D eigenvalue weighted by atomic mass is 16.3. The van der Waals surface area contributed by atoms with E-state index in [2.05, 4.69) is 27.5 Å². The summed E-state index contributed by atoms with van der Waals surface area (Å²) in [7, 11) is 0. The number of aromatic nitrogens is 2. The van der Waals surface area contributed by atoms with Crippen LogP contribution in [0.25, 0.3) is 0 Å². The molecule has 0 aliphatic carbocycles. The third-order valence-electron chi connectivity index (χ3n) is 3.89. The van der Waals surface area contributed by atoms with E-state index in [9.17, 15) is 4.79 Å². The second-order valence-corrected chi connectivity index (χ2v) is 5.64. The lowest BCUT2D eigenvalue weighted by Gasteiger charge is -2.12. The molecule has 0 bridgehead atoms. The van der Waals surface area contributed by atoms with Gasteiger partial charge < -0.3 is 15.1 Å². The number of aryl methyl sites for hydroxylation is 2. The van der Waals surface area contributed by atoms with Gasteiger partial charge in [-0.3, -0.25) is 4.79 Å². The van der Waals surface area contributed by atoms with Gasteiger partial charge in [0.25, 0.3) is 5.91 Å². The SMILES string of the molecule is CCc1cccc(C)c1NC(=O)c1cnc(NCc2ccco2)cn1. The summed E-state index contributed by atoms with van der Waals surface area (Å²) in [5.74, 6) is 1.11. The average molecular weight is 336 g/mol. The van der Waals surface area contributed by atoms with Gasteiger partial charge in [-0.2, -0.15) is 0 Å². The molecular formula is C19H20N4O2. The number of rotatable bonds is 6. The predicted molar refractivity (Wildman–Crippen MR) is 96.6 cm³/mol. The highest BCUT2D eigenvalue weighted by molar-refractivity contribution is 6.03. The van der Waals surface area contributed by atoms with Crippen LogP contribution in [-0.2, 0) is 13.0 Å². The number of furan rings is 1. The second kappa shape index (κ2) is 7.61. The minimum Gasteiger partial charge on any atom is -0.467 e. The van der Waals surface area contributed by atoms with Crippen molar-refractivity contribution in [1.29, 1.82) is 0 Å². The van der Waals surface area contributed by atoms with Gasteiger partial charge in [-0.15, -0.1) is 0 Å². The van der Waals surface area contributed by atoms with E-state index in [0.29, 0.717) is 12.4 Å². The monoisotopic (exact) mass is 336 g/mol. The molecule has 1 amide bonds. The molecule has 2 heterocycles. The molecule has 6 nitrogen and oxygen atoms in total. The van der Waals surface area contributed by atoms with Crippen LogP contribution in [0.2, 0.25) is 0 Å². The summed E-state index contributed by atoms with van der Waals surface area (Å²) in [4.78, 5) is 20.9. The third kappa shape index (κ3) is 4.03. The quantitative estimate of drug-likeness (QED) is 0.715. The minimum absolute atomic E-state index is 0.269. The molecule has 6 heteroatoms. The van der Waals surface area contributed by atoms with Crippen LogP contribution in [0.15, 0.2) is 53.4 Å². The summed E-state index contributed by atoms with van der Waals surface area (Å²) in [5.41, 5.74) is 3.24. The van der Waals surface area contributed by atoms with Crippen molar-refractivity contribution in [3.8, 4) is 0 Å². The van der Waals surface area contributed by atoms with Crippen molar-refractivity contribution in [2.75, 3.05) is 10.6 Å². The number of carbonyl (C=O) groups is 1. The van der Waals surface area contributed by atoms with Crippen molar-refractivity contribution in [2.24, 2.45) is 0 Å². The van der Waals surface area contributed by atoms with Crippen LogP contribution in [0.1, 0.15) is 34.3 Å². The number of carbonyl (C=O) groups excluding carboxylic acids is 1. The van der Waals surface area contributed by atoms with Gasteiger partial charge in [0, 0.05) is 5.69 Å². The van der Waals surface area contributed by atoms with E-state index >= 15 is 0 Å². The van der Waals surface area contributed by atoms with Crippen LogP contribution < -0.4 is 10.6 Å². The van der Waals surface area contributed by atoms with E-state index in [1.54, 1.807) is 6.26 Å². The molecule has 128 valence electrons. The topological polar surface area (TPSA) is 80.0 Å². The second-order valence-electron chi connectivity index (χ2n) is 5.64. The molecule has 0 aliphatic heterocycles. The fourth-order valence-corrected chi connectivity index (χ4v) is 2.51. The lowest BCUT2D eigenvalue weighted by atomic mass is 10.1. The Kier molecular flexibility index (Phi) is 5.09. The smallest absolute Gasteiger partial charge is 0.275 e. The molecule has 0 saturated heterocycles. The Bertz CT molecular complexity index is 842. The summed E-state index contributed by atoms with van der Waals surface area (Å²) < 4.78 is 5.24. The molecule has 3 rings (SSSR count). The maximum Gasteiger partial charge on any atom is 0.275 e. The third-order valence-corrected chi connectivity index (χ3v) is 3.89. The standard InChI is InChI=1S/C19H20N4O2/c1-3-14-7-4-6-13(2)18(14)23-19(24)16-11-22-17(12-20-16)21-10-15-8-5-9-25-15/h4-9,11-12H,3,10H2,1-2H3,(H,21,22)(H,23,24). The lowest BCUT2D eigenvalue weighted by molar-refractivity contribution is 0.102. The number of anilines is 2. The van der Waals surface area contributed by atoms with Gasteiger partial charge >= 0.3 is 0 Å². The van der Waals surface area contributed by atoms with Crippen LogP contribution in [0.5, 0.6) is 0 Å². The molecule has 2 aromatic heterocycles. The first-order valence-electron chi connectivity index (χ1n) is 8.15. The van der Waals surface area contributed by atoms with E-state index < -0.39 is 0 Å². The molecule has 0 aliphatic rings. The van der Waals surface area contributed by atoms with Crippen LogP contribution in [0.3, 0.4) is 0 Å². The molecule has 0 spiro atoms. The van der Waals surface area contributed by atoms with Gasteiger partial charge in [-0.05, 0) is 36.6 Å². The van der Waals surface area contributed by atoms with Crippen LogP contribution in [0.4, 0.5) is 11.5 Å². The largest absolute Gasteiger partial charge is 0.467 e. The summed E-state index contributed by atoms with van der Waals surface area (Å²) >= 11 is 0. The highest BCUT2D eigenvalue weighted by Gasteiger charge is 2.12. The first-order chi connectivity index (χ1) is 12.2. The maximum atomic E-state index is 12.4. The molecule has 0 saturated carbocycles. The van der Waals surface area contributed by atoms with Crippen molar-refractivity contribution in [2.45, 2.75) is 26.8 Å². The summed E-state index contributed by atoms with van der Waals surface area (Å²) in [5, 5.41) is 6.03. The van der Waals surface area contributed by atoms with Crippen LogP contribution in [0, 0.1) is 6.92 Å². The Labute approximate surface area is 146 Å². The van der Waals surface area contributed by atoms with E-state index in [0.717, 1.165) is 29.0 Å². The van der Waals surface area contributed by atoms with Gasteiger partial charge in [0.05, 0.1) is 25.2 Å². The summed E-state index contributed by atoms with van der Waals surface area (Å²) in [6.07, 6.45) is 5.46. The van der Waals surface area contributed by atoms with Crippen molar-refractivity contribution >= 4 is 17.4 Å². The Morgan fingerprint density at radius 2 is 2.04 bits per heavy atom. The number of nitrogens with zero attached hydrogens (tertiary/aromatic N) is 2. The van der Waals surface area contributed by atoms with Gasteiger partial charge in [-0.1, -0.05) is 25.1 Å². The van der Waals surface area contributed by atoms with E-state index in [1.807, 2.05) is 37.3 Å². The molecule has 0 fully saturated rings. The zero-order chi connectivity index (χ0) is 17.6. The summed E-state index contributed by atoms with van der Waals surface area (Å²) in [6.45, 7) is 4.54. The molecular weight excluding hydrogens is 316 g/mol. The predicted octanol–water partition coefficient (Wildman–Crippen LogP) is 3.80. The average Bonchev–Trinajstić information content (AvgIpc) is 3.15. The number of amides is 1. The fourth-order valence-electron chi connectivity index (χ4n) is 2.51. The fraction of sp³-hybridized carbons (Fsp3) is 0.211. The van der Waals surface area contributed by atoms with Gasteiger partial charge in [0.15, 0.2) is 0 Å². The zero-order valence-electron chi connectivity index (χ0n) is 14.2. The molecule has 0 atom stereocenters. The molecule has 0 unspecified atom stereocenters. The maximum absolute atomic E-state index is 12.4. The molecule has 0 radical (unpaired) electrons. The Morgan fingerprint density at radius 3 is 2.72 bits per heavy atom. The number of para-hydroxylation sites is 1. The van der Waals surface area contributed by atoms with Gasteiger partial charge in [0.1, 0.15) is 17.3 Å². The Morgan fingerprint density at radius 1 is 1.16 bits per heavy atom. The lowest BCUT2D eigenvalue weighted by Crippen LogP contribution is -2.16. The van der Waals surface area contributed by atoms with E-state index in [-0.39, 0.29) is 11.6 Å². The zero-order valence-corrected chi connectivity index (χ0v) is 14.2. The molecule has 1 aromatic carbocycles. The van der Waals surface area contributed by atoms with E-state index in [4.69, 9.17) is 4.42 Å². The summed E-state index contributed by atoms with van der Waals surface area (Å²) in [6, 6.07) is 9.67. The van der Waals surface area contributed by atoms with Crippen molar-refractivity contribution in [1.82, 2.24) is 9.97 Å². The van der Waals surface area contributed by atoms with Crippen LogP contribution in [-0.4, -0.2) is 15.9 Å². The van der Waals surface area contributed by atoms with Gasteiger partial charge in [0.2, 0.25) is 0 Å². The van der Waals surface area contributed by atoms with Gasteiger partial charge in [-0.25, -0.2) is 9.97 Å². The minimum atomic E-state index is -0.269. The highest BCUT2D eigenvalue weighted by Crippen LogP contribution is 2.21. The van der Waals surface area contributed by atoms with Crippen molar-refractivity contribution in [3.05, 3.63) is 71.6 Å². The number of hydrogen-bond donors (Lipinski definition) is 2. The molecule has 3 aromatic rings. The molecule has 25 heavy (non-hydrogen) atoms. The Hall–Kier alpha value is -3.15. The number of nitrogens with one attached hydrogen (secondary N) is 2.